The van der Waals surface area contributed by atoms with Gasteiger partial charge in [-0.15, -0.1) is 15.0 Å². The van der Waals surface area contributed by atoms with Crippen LogP contribution in [0.25, 0.3) is 0 Å². The van der Waals surface area contributed by atoms with Gasteiger partial charge >= 0.3 is 0 Å². The Morgan fingerprint density at radius 2 is 2.33 bits per heavy atom. The van der Waals surface area contributed by atoms with Crippen LogP contribution in [-0.4, -0.2) is 26.8 Å². The van der Waals surface area contributed by atoms with E-state index in [2.05, 4.69) is 28.6 Å². The van der Waals surface area contributed by atoms with Crippen LogP contribution in [-0.2, 0) is 11.5 Å². The van der Waals surface area contributed by atoms with Crippen molar-refractivity contribution >= 4 is 0 Å². The fourth-order valence-electron chi connectivity index (χ4n) is 0.950. The van der Waals surface area contributed by atoms with Crippen molar-refractivity contribution in [3.05, 3.63) is 42.8 Å². The van der Waals surface area contributed by atoms with Crippen molar-refractivity contribution in [2.75, 3.05) is 6.61 Å². The van der Waals surface area contributed by atoms with Crippen LogP contribution in [0.3, 0.4) is 0 Å². The highest BCUT2D eigenvalue weighted by Gasteiger charge is 1.97. The van der Waals surface area contributed by atoms with Gasteiger partial charge in [0.1, 0.15) is 0 Å². The van der Waals surface area contributed by atoms with Gasteiger partial charge in [0.05, 0.1) is 6.61 Å². The molecule has 15 heavy (non-hydrogen) atoms. The van der Waals surface area contributed by atoms with E-state index < -0.39 is 0 Å². The molecule has 0 radical (unpaired) electrons. The van der Waals surface area contributed by atoms with Crippen LogP contribution in [0.15, 0.2) is 37.0 Å². The molecule has 5 heteroatoms. The maximum absolute atomic E-state index is 5.35. The maximum atomic E-state index is 5.35. The van der Waals surface area contributed by atoms with Gasteiger partial charge in [-0.05, 0) is 17.7 Å². The van der Waals surface area contributed by atoms with Crippen LogP contribution in [0.2, 0.25) is 0 Å². The summed E-state index contributed by atoms with van der Waals surface area (Å²) in [6.45, 7) is 9.77. The van der Waals surface area contributed by atoms with E-state index in [-0.39, 0.29) is 6.73 Å². The summed E-state index contributed by atoms with van der Waals surface area (Å²) < 4.78 is 5.35. The third-order valence-electron chi connectivity index (χ3n) is 1.62. The molecule has 1 aromatic heterocycles. The van der Waals surface area contributed by atoms with Gasteiger partial charge in [-0.1, -0.05) is 31.4 Å². The van der Waals surface area contributed by atoms with Crippen LogP contribution >= 0.6 is 0 Å². The standard InChI is InChI=1S/C10H14N4O/c1-4-6-10(5-2)7-15-8-14-12-9(3)11-13-14/h4-6H,1-2,7-8H2,3H3/b10-6+. The Hall–Kier alpha value is -1.75. The molecule has 0 amide bonds. The van der Waals surface area contributed by atoms with Gasteiger partial charge in [0.2, 0.25) is 0 Å². The van der Waals surface area contributed by atoms with Gasteiger partial charge < -0.3 is 4.74 Å². The van der Waals surface area contributed by atoms with Crippen molar-refractivity contribution in [1.82, 2.24) is 20.2 Å². The van der Waals surface area contributed by atoms with E-state index in [1.807, 2.05) is 6.08 Å². The van der Waals surface area contributed by atoms with Crippen molar-refractivity contribution in [1.29, 1.82) is 0 Å². The molecule has 0 N–H and O–H groups in total. The largest absolute Gasteiger partial charge is 0.353 e. The topological polar surface area (TPSA) is 52.8 Å². The van der Waals surface area contributed by atoms with Gasteiger partial charge in [0, 0.05) is 0 Å². The molecular weight excluding hydrogens is 192 g/mol. The molecule has 0 fully saturated rings. The highest BCUT2D eigenvalue weighted by atomic mass is 16.5. The number of aromatic nitrogens is 4. The van der Waals surface area contributed by atoms with E-state index in [0.717, 1.165) is 5.57 Å². The second-order valence-corrected chi connectivity index (χ2v) is 2.87. The zero-order valence-corrected chi connectivity index (χ0v) is 8.76. The number of allylic oxidation sites excluding steroid dienone is 2. The summed E-state index contributed by atoms with van der Waals surface area (Å²) in [5.41, 5.74) is 0.960. The summed E-state index contributed by atoms with van der Waals surface area (Å²) in [4.78, 5) is 1.39. The summed E-state index contributed by atoms with van der Waals surface area (Å²) >= 11 is 0. The Bertz CT molecular complexity index is 367. The average molecular weight is 206 g/mol. The molecule has 0 aliphatic carbocycles. The molecule has 0 aliphatic rings. The lowest BCUT2D eigenvalue weighted by molar-refractivity contribution is 0.0757. The summed E-state index contributed by atoms with van der Waals surface area (Å²) in [5, 5.41) is 11.5. The third kappa shape index (κ3) is 3.86. The molecule has 0 atom stereocenters. The second kappa shape index (κ2) is 5.87. The Morgan fingerprint density at radius 3 is 2.87 bits per heavy atom. The van der Waals surface area contributed by atoms with Gasteiger partial charge in [-0.25, -0.2) is 0 Å². The molecule has 5 nitrogen and oxygen atoms in total. The first-order valence-electron chi connectivity index (χ1n) is 4.52. The fraction of sp³-hybridized carbons (Fsp3) is 0.300. The SMILES string of the molecule is C=C/C=C(\C=C)COCn1nnc(C)n1. The lowest BCUT2D eigenvalue weighted by atomic mass is 10.2. The van der Waals surface area contributed by atoms with E-state index in [1.165, 1.54) is 4.80 Å². The number of rotatable bonds is 6. The first-order chi connectivity index (χ1) is 7.26. The van der Waals surface area contributed by atoms with Gasteiger partial charge in [0.25, 0.3) is 0 Å². The smallest absolute Gasteiger partial charge is 0.171 e. The molecule has 0 spiro atoms. The molecule has 80 valence electrons. The Labute approximate surface area is 88.7 Å². The van der Waals surface area contributed by atoms with Crippen molar-refractivity contribution in [2.45, 2.75) is 13.7 Å². The molecule has 0 aliphatic heterocycles. The molecule has 0 saturated heterocycles. The lowest BCUT2D eigenvalue weighted by Crippen LogP contribution is -2.08. The van der Waals surface area contributed by atoms with Gasteiger partial charge in [-0.3, -0.25) is 0 Å². The highest BCUT2D eigenvalue weighted by molar-refractivity contribution is 5.21. The van der Waals surface area contributed by atoms with Gasteiger partial charge in [-0.2, -0.15) is 0 Å². The molecule has 1 aromatic rings. The molecular formula is C10H14N4O. The minimum atomic E-state index is 0.281. The predicted octanol–water partition coefficient (Wildman–Crippen LogP) is 1.25. The third-order valence-corrected chi connectivity index (χ3v) is 1.62. The Morgan fingerprint density at radius 1 is 1.53 bits per heavy atom. The van der Waals surface area contributed by atoms with Crippen LogP contribution in [0.5, 0.6) is 0 Å². The summed E-state index contributed by atoms with van der Waals surface area (Å²) in [7, 11) is 0. The molecule has 0 bridgehead atoms. The monoisotopic (exact) mass is 206 g/mol. The zero-order chi connectivity index (χ0) is 11.1. The summed E-state index contributed by atoms with van der Waals surface area (Å²) in [6, 6.07) is 0. The highest BCUT2D eigenvalue weighted by Crippen LogP contribution is 1.97. The fourth-order valence-corrected chi connectivity index (χ4v) is 0.950. The number of ether oxygens (including phenoxy) is 1. The Kier molecular flexibility index (Phi) is 4.43. The van der Waals surface area contributed by atoms with E-state index in [4.69, 9.17) is 4.74 Å². The zero-order valence-electron chi connectivity index (χ0n) is 8.76. The number of hydrogen-bond acceptors (Lipinski definition) is 4. The van der Waals surface area contributed by atoms with Crippen LogP contribution in [0.4, 0.5) is 0 Å². The molecule has 0 saturated carbocycles. The first kappa shape index (κ1) is 11.3. The quantitative estimate of drug-likeness (QED) is 0.657. The van der Waals surface area contributed by atoms with Crippen molar-refractivity contribution < 1.29 is 4.74 Å². The van der Waals surface area contributed by atoms with E-state index in [0.29, 0.717) is 12.4 Å². The van der Waals surface area contributed by atoms with Crippen LogP contribution in [0, 0.1) is 6.92 Å². The maximum Gasteiger partial charge on any atom is 0.171 e. The summed E-state index contributed by atoms with van der Waals surface area (Å²) in [5.74, 6) is 0.629. The van der Waals surface area contributed by atoms with Gasteiger partial charge in [0.15, 0.2) is 12.6 Å². The van der Waals surface area contributed by atoms with E-state index in [1.54, 1.807) is 19.1 Å². The van der Waals surface area contributed by atoms with Crippen LogP contribution in [0.1, 0.15) is 5.82 Å². The van der Waals surface area contributed by atoms with Crippen molar-refractivity contribution in [3.63, 3.8) is 0 Å². The number of aryl methyl sites for hydroxylation is 1. The second-order valence-electron chi connectivity index (χ2n) is 2.87. The number of hydrogen-bond donors (Lipinski definition) is 0. The molecule has 0 unspecified atom stereocenters. The Balaban J connectivity index is 2.35. The first-order valence-corrected chi connectivity index (χ1v) is 4.52. The number of tetrazole rings is 1. The predicted molar refractivity (Wildman–Crippen MR) is 57.0 cm³/mol. The lowest BCUT2D eigenvalue weighted by Gasteiger charge is -2.02. The molecule has 1 heterocycles. The average Bonchev–Trinajstić information content (AvgIpc) is 2.63. The van der Waals surface area contributed by atoms with Crippen molar-refractivity contribution in [2.24, 2.45) is 0 Å². The minimum absolute atomic E-state index is 0.281. The normalized spacial score (nSPS) is 11.4. The van der Waals surface area contributed by atoms with E-state index >= 15 is 0 Å². The van der Waals surface area contributed by atoms with E-state index in [9.17, 15) is 0 Å². The molecule has 1 rings (SSSR count). The summed E-state index contributed by atoms with van der Waals surface area (Å²) in [6.07, 6.45) is 5.26. The number of nitrogens with zero attached hydrogens (tertiary/aromatic N) is 4. The minimum Gasteiger partial charge on any atom is -0.353 e. The van der Waals surface area contributed by atoms with Crippen LogP contribution < -0.4 is 0 Å². The molecule has 0 aromatic carbocycles. The van der Waals surface area contributed by atoms with Crippen molar-refractivity contribution in [3.8, 4) is 0 Å².